The summed E-state index contributed by atoms with van der Waals surface area (Å²) < 4.78 is 0. The fraction of sp³-hybridized carbons (Fsp3) is 0.273. The fourth-order valence-electron chi connectivity index (χ4n) is 1.08. The molecule has 0 aliphatic heterocycles. The fourth-order valence-corrected chi connectivity index (χ4v) is 1.36. The first-order chi connectivity index (χ1) is 7.26. The van der Waals surface area contributed by atoms with E-state index in [2.05, 4.69) is 21.2 Å². The molecule has 0 aliphatic rings. The van der Waals surface area contributed by atoms with E-state index in [0.717, 1.165) is 17.4 Å². The van der Waals surface area contributed by atoms with Crippen molar-refractivity contribution in [2.45, 2.75) is 12.8 Å². The Kier molecular flexibility index (Phi) is 4.85. The Labute approximate surface area is 97.2 Å². The Bertz CT molecular complexity index is 367. The van der Waals surface area contributed by atoms with Crippen molar-refractivity contribution in [1.29, 1.82) is 5.26 Å². The van der Waals surface area contributed by atoms with Crippen LogP contribution in [-0.2, 0) is 4.79 Å². The Morgan fingerprint density at radius 2 is 2.07 bits per heavy atom. The second-order valence-corrected chi connectivity index (χ2v) is 3.82. The molecule has 0 unspecified atom stereocenters. The van der Waals surface area contributed by atoms with Gasteiger partial charge in [-0.1, -0.05) is 15.9 Å². The molecule has 0 saturated carbocycles. The maximum atomic E-state index is 11.3. The van der Waals surface area contributed by atoms with E-state index in [9.17, 15) is 4.79 Å². The van der Waals surface area contributed by atoms with Crippen LogP contribution in [0.5, 0.6) is 0 Å². The first-order valence-corrected chi connectivity index (χ1v) is 5.74. The molecule has 1 N–H and O–H groups in total. The van der Waals surface area contributed by atoms with Crippen LogP contribution < -0.4 is 5.32 Å². The third-order valence-corrected chi connectivity index (χ3v) is 2.40. The molecular weight excluding hydrogens is 256 g/mol. The number of alkyl halides is 1. The number of benzene rings is 1. The van der Waals surface area contributed by atoms with Gasteiger partial charge in [0.15, 0.2) is 0 Å². The minimum absolute atomic E-state index is 0.000780. The molecule has 0 spiro atoms. The van der Waals surface area contributed by atoms with Crippen LogP contribution in [0, 0.1) is 11.3 Å². The van der Waals surface area contributed by atoms with Crippen molar-refractivity contribution in [3.05, 3.63) is 29.8 Å². The van der Waals surface area contributed by atoms with Crippen LogP contribution in [0.25, 0.3) is 0 Å². The number of nitrogens with zero attached hydrogens (tertiary/aromatic N) is 1. The van der Waals surface area contributed by atoms with Crippen LogP contribution in [0.3, 0.4) is 0 Å². The molecule has 1 aromatic rings. The molecule has 1 aromatic carbocycles. The number of halogens is 1. The van der Waals surface area contributed by atoms with E-state index >= 15 is 0 Å². The lowest BCUT2D eigenvalue weighted by molar-refractivity contribution is -0.116. The number of carbonyl (C=O) groups is 1. The van der Waals surface area contributed by atoms with Gasteiger partial charge in [0.05, 0.1) is 11.6 Å². The van der Waals surface area contributed by atoms with Gasteiger partial charge in [-0.3, -0.25) is 4.79 Å². The molecule has 1 rings (SSSR count). The van der Waals surface area contributed by atoms with Crippen LogP contribution in [0.2, 0.25) is 0 Å². The summed E-state index contributed by atoms with van der Waals surface area (Å²) in [5, 5.41) is 12.2. The zero-order valence-electron chi connectivity index (χ0n) is 8.16. The topological polar surface area (TPSA) is 52.9 Å². The van der Waals surface area contributed by atoms with E-state index in [1.807, 2.05) is 6.07 Å². The van der Waals surface area contributed by atoms with Gasteiger partial charge in [-0.05, 0) is 30.7 Å². The van der Waals surface area contributed by atoms with Gasteiger partial charge in [-0.15, -0.1) is 0 Å². The molecule has 0 aromatic heterocycles. The molecule has 0 radical (unpaired) electrons. The van der Waals surface area contributed by atoms with Gasteiger partial charge >= 0.3 is 0 Å². The second-order valence-electron chi connectivity index (χ2n) is 3.03. The van der Waals surface area contributed by atoms with Crippen molar-refractivity contribution in [3.63, 3.8) is 0 Å². The highest BCUT2D eigenvalue weighted by molar-refractivity contribution is 9.09. The van der Waals surface area contributed by atoms with E-state index in [1.165, 1.54) is 0 Å². The van der Waals surface area contributed by atoms with Crippen molar-refractivity contribution >= 4 is 27.5 Å². The third kappa shape index (κ3) is 4.13. The highest BCUT2D eigenvalue weighted by Crippen LogP contribution is 2.09. The maximum absolute atomic E-state index is 11.3. The third-order valence-electron chi connectivity index (χ3n) is 1.84. The minimum Gasteiger partial charge on any atom is -0.326 e. The number of carbonyl (C=O) groups excluding carboxylic acids is 1. The molecule has 0 saturated heterocycles. The monoisotopic (exact) mass is 266 g/mol. The minimum atomic E-state index is -0.000780. The number of hydrogen-bond acceptors (Lipinski definition) is 2. The lowest BCUT2D eigenvalue weighted by Gasteiger charge is -2.03. The Hall–Kier alpha value is -1.34. The zero-order valence-corrected chi connectivity index (χ0v) is 9.75. The molecule has 1 amide bonds. The van der Waals surface area contributed by atoms with Gasteiger partial charge in [0.2, 0.25) is 5.91 Å². The Morgan fingerprint density at radius 1 is 1.40 bits per heavy atom. The van der Waals surface area contributed by atoms with Gasteiger partial charge < -0.3 is 5.32 Å². The molecule has 0 bridgehead atoms. The summed E-state index contributed by atoms with van der Waals surface area (Å²) in [6.07, 6.45) is 1.33. The van der Waals surface area contributed by atoms with Crippen molar-refractivity contribution < 1.29 is 4.79 Å². The molecule has 78 valence electrons. The summed E-state index contributed by atoms with van der Waals surface area (Å²) >= 11 is 3.27. The van der Waals surface area contributed by atoms with Gasteiger partial charge in [0.25, 0.3) is 0 Å². The predicted octanol–water partition coefficient (Wildman–Crippen LogP) is 2.67. The van der Waals surface area contributed by atoms with Crippen molar-refractivity contribution in [1.82, 2.24) is 0 Å². The lowest BCUT2D eigenvalue weighted by Crippen LogP contribution is -2.11. The van der Waals surface area contributed by atoms with Gasteiger partial charge in [0.1, 0.15) is 0 Å². The number of nitrogens with one attached hydrogen (secondary N) is 1. The average Bonchev–Trinajstić information content (AvgIpc) is 2.27. The lowest BCUT2D eigenvalue weighted by atomic mass is 10.2. The molecule has 4 heteroatoms. The number of nitriles is 1. The standard InChI is InChI=1S/C11H11BrN2O/c12-7-1-2-11(15)14-10-5-3-9(8-13)4-6-10/h3-6H,1-2,7H2,(H,14,15). The van der Waals surface area contributed by atoms with Crippen LogP contribution in [-0.4, -0.2) is 11.2 Å². The zero-order chi connectivity index (χ0) is 11.1. The molecule has 0 fully saturated rings. The largest absolute Gasteiger partial charge is 0.326 e. The van der Waals surface area contributed by atoms with E-state index in [1.54, 1.807) is 24.3 Å². The van der Waals surface area contributed by atoms with Crippen molar-refractivity contribution in [3.8, 4) is 6.07 Å². The predicted molar refractivity (Wildman–Crippen MR) is 62.8 cm³/mol. The first-order valence-electron chi connectivity index (χ1n) is 4.62. The van der Waals surface area contributed by atoms with E-state index in [-0.39, 0.29) is 5.91 Å². The number of rotatable bonds is 4. The maximum Gasteiger partial charge on any atom is 0.224 e. The average molecular weight is 267 g/mol. The van der Waals surface area contributed by atoms with Crippen LogP contribution in [0.1, 0.15) is 18.4 Å². The smallest absolute Gasteiger partial charge is 0.224 e. The molecule has 0 heterocycles. The molecule has 15 heavy (non-hydrogen) atoms. The van der Waals surface area contributed by atoms with Gasteiger partial charge in [0, 0.05) is 17.4 Å². The van der Waals surface area contributed by atoms with E-state index < -0.39 is 0 Å². The van der Waals surface area contributed by atoms with Crippen molar-refractivity contribution in [2.75, 3.05) is 10.6 Å². The Balaban J connectivity index is 2.50. The molecule has 0 atom stereocenters. The van der Waals surface area contributed by atoms with Crippen LogP contribution in [0.15, 0.2) is 24.3 Å². The van der Waals surface area contributed by atoms with Gasteiger partial charge in [-0.25, -0.2) is 0 Å². The quantitative estimate of drug-likeness (QED) is 0.852. The number of anilines is 1. The summed E-state index contributed by atoms with van der Waals surface area (Å²) in [5.74, 6) is -0.000780. The highest BCUT2D eigenvalue weighted by atomic mass is 79.9. The normalized spacial score (nSPS) is 9.33. The molecule has 3 nitrogen and oxygen atoms in total. The van der Waals surface area contributed by atoms with Crippen molar-refractivity contribution in [2.24, 2.45) is 0 Å². The molecular formula is C11H11BrN2O. The summed E-state index contributed by atoms with van der Waals surface area (Å²) in [6.45, 7) is 0. The Morgan fingerprint density at radius 3 is 2.60 bits per heavy atom. The second kappa shape index (κ2) is 6.20. The number of amides is 1. The van der Waals surface area contributed by atoms with Crippen LogP contribution in [0.4, 0.5) is 5.69 Å². The van der Waals surface area contributed by atoms with Crippen LogP contribution >= 0.6 is 15.9 Å². The van der Waals surface area contributed by atoms with E-state index in [0.29, 0.717) is 12.0 Å². The highest BCUT2D eigenvalue weighted by Gasteiger charge is 2.01. The summed E-state index contributed by atoms with van der Waals surface area (Å²) in [4.78, 5) is 11.3. The molecule has 0 aliphatic carbocycles. The SMILES string of the molecule is N#Cc1ccc(NC(=O)CCCBr)cc1. The summed E-state index contributed by atoms with van der Waals surface area (Å²) in [5.41, 5.74) is 1.32. The van der Waals surface area contributed by atoms with Gasteiger partial charge in [-0.2, -0.15) is 5.26 Å². The first kappa shape index (κ1) is 11.7. The van der Waals surface area contributed by atoms with E-state index in [4.69, 9.17) is 5.26 Å². The summed E-state index contributed by atoms with van der Waals surface area (Å²) in [7, 11) is 0. The summed E-state index contributed by atoms with van der Waals surface area (Å²) in [6, 6.07) is 8.84. The number of hydrogen-bond donors (Lipinski definition) is 1.